The van der Waals surface area contributed by atoms with Gasteiger partial charge in [-0.15, -0.1) is 0 Å². The van der Waals surface area contributed by atoms with Crippen LogP contribution < -0.4 is 14.8 Å². The molecular weight excluding hydrogens is 370 g/mol. The number of benzene rings is 2. The average molecular weight is 399 g/mol. The van der Waals surface area contributed by atoms with E-state index < -0.39 is 5.97 Å². The van der Waals surface area contributed by atoms with Gasteiger partial charge in [0.15, 0.2) is 18.1 Å². The lowest BCUT2D eigenvalue weighted by Gasteiger charge is -2.17. The number of hydrogen-bond acceptors (Lipinski definition) is 5. The lowest BCUT2D eigenvalue weighted by atomic mass is 10.1. The van der Waals surface area contributed by atoms with E-state index >= 15 is 0 Å². The second kappa shape index (κ2) is 11.1. The molecule has 1 N–H and O–H groups in total. The molecule has 0 saturated carbocycles. The first-order chi connectivity index (χ1) is 13.9. The van der Waals surface area contributed by atoms with E-state index in [9.17, 15) is 9.59 Å². The highest BCUT2D eigenvalue weighted by Crippen LogP contribution is 2.30. The SMILES string of the molecule is CCOC(=O)COc1ccc([C@@H](C)NC(=O)CCc2ccc(C)cc2)cc1OC. The molecule has 29 heavy (non-hydrogen) atoms. The van der Waals surface area contributed by atoms with Crippen molar-refractivity contribution in [2.45, 2.75) is 39.7 Å². The van der Waals surface area contributed by atoms with E-state index in [1.807, 2.05) is 44.2 Å². The monoisotopic (exact) mass is 399 g/mol. The normalized spacial score (nSPS) is 11.4. The molecule has 2 rings (SSSR count). The summed E-state index contributed by atoms with van der Waals surface area (Å²) in [6.07, 6.45) is 1.12. The van der Waals surface area contributed by atoms with Gasteiger partial charge in [-0.05, 0) is 50.5 Å². The zero-order valence-corrected chi connectivity index (χ0v) is 17.5. The molecule has 0 bridgehead atoms. The standard InChI is InChI=1S/C23H29NO5/c1-5-28-23(26)15-29-20-12-11-19(14-21(20)27-4)17(3)24-22(25)13-10-18-8-6-16(2)7-9-18/h6-9,11-12,14,17H,5,10,13,15H2,1-4H3,(H,24,25)/t17-/m1/s1. The van der Waals surface area contributed by atoms with Crippen molar-refractivity contribution in [1.29, 1.82) is 0 Å². The Bertz CT molecular complexity index is 817. The van der Waals surface area contributed by atoms with Gasteiger partial charge in [-0.2, -0.15) is 0 Å². The van der Waals surface area contributed by atoms with Gasteiger partial charge < -0.3 is 19.5 Å². The Kier molecular flexibility index (Phi) is 8.52. The predicted molar refractivity (Wildman–Crippen MR) is 111 cm³/mol. The molecule has 0 unspecified atom stereocenters. The van der Waals surface area contributed by atoms with Crippen LogP contribution in [0, 0.1) is 6.92 Å². The molecule has 0 aliphatic rings. The van der Waals surface area contributed by atoms with Crippen LogP contribution >= 0.6 is 0 Å². The highest BCUT2D eigenvalue weighted by molar-refractivity contribution is 5.76. The second-order valence-corrected chi connectivity index (χ2v) is 6.78. The summed E-state index contributed by atoms with van der Waals surface area (Å²) in [5.74, 6) is 0.488. The fourth-order valence-corrected chi connectivity index (χ4v) is 2.82. The molecule has 6 nitrogen and oxygen atoms in total. The number of aryl methyl sites for hydroxylation is 2. The minimum atomic E-state index is -0.437. The number of carbonyl (C=O) groups excluding carboxylic acids is 2. The Morgan fingerprint density at radius 3 is 2.45 bits per heavy atom. The van der Waals surface area contributed by atoms with Crippen LogP contribution in [0.15, 0.2) is 42.5 Å². The van der Waals surface area contributed by atoms with Gasteiger partial charge in [-0.25, -0.2) is 4.79 Å². The molecule has 6 heteroatoms. The Morgan fingerprint density at radius 1 is 1.07 bits per heavy atom. The highest BCUT2D eigenvalue weighted by Gasteiger charge is 2.14. The Labute approximate surface area is 172 Å². The van der Waals surface area contributed by atoms with Crippen LogP contribution in [0.3, 0.4) is 0 Å². The lowest BCUT2D eigenvalue weighted by molar-refractivity contribution is -0.145. The zero-order chi connectivity index (χ0) is 21.2. The maximum absolute atomic E-state index is 12.3. The van der Waals surface area contributed by atoms with Crippen LogP contribution in [-0.2, 0) is 20.7 Å². The van der Waals surface area contributed by atoms with E-state index in [2.05, 4.69) is 5.32 Å². The van der Waals surface area contributed by atoms with E-state index in [1.165, 1.54) is 12.7 Å². The van der Waals surface area contributed by atoms with Gasteiger partial charge in [0.2, 0.25) is 5.91 Å². The molecule has 1 atom stereocenters. The molecule has 156 valence electrons. The predicted octanol–water partition coefficient (Wildman–Crippen LogP) is 3.76. The first-order valence-electron chi connectivity index (χ1n) is 9.74. The molecule has 0 heterocycles. The van der Waals surface area contributed by atoms with Crippen molar-refractivity contribution in [2.24, 2.45) is 0 Å². The summed E-state index contributed by atoms with van der Waals surface area (Å²) in [5.41, 5.74) is 3.23. The van der Waals surface area contributed by atoms with Crippen molar-refractivity contribution >= 4 is 11.9 Å². The van der Waals surface area contributed by atoms with Gasteiger partial charge in [-0.3, -0.25) is 4.79 Å². The third-order valence-electron chi connectivity index (χ3n) is 4.48. The van der Waals surface area contributed by atoms with E-state index in [4.69, 9.17) is 14.2 Å². The van der Waals surface area contributed by atoms with Gasteiger partial charge in [0.1, 0.15) is 0 Å². The third-order valence-corrected chi connectivity index (χ3v) is 4.48. The van der Waals surface area contributed by atoms with Crippen LogP contribution in [0.2, 0.25) is 0 Å². The van der Waals surface area contributed by atoms with Crippen molar-refractivity contribution in [3.63, 3.8) is 0 Å². The molecular formula is C23H29NO5. The summed E-state index contributed by atoms with van der Waals surface area (Å²) in [6.45, 7) is 5.81. The zero-order valence-electron chi connectivity index (χ0n) is 17.5. The van der Waals surface area contributed by atoms with E-state index in [-0.39, 0.29) is 18.6 Å². The topological polar surface area (TPSA) is 73.9 Å². The molecule has 2 aromatic rings. The van der Waals surface area contributed by atoms with E-state index in [0.717, 1.165) is 11.1 Å². The minimum Gasteiger partial charge on any atom is -0.493 e. The van der Waals surface area contributed by atoms with Gasteiger partial charge in [0, 0.05) is 6.42 Å². The number of hydrogen-bond donors (Lipinski definition) is 1. The molecule has 2 aromatic carbocycles. The molecule has 0 saturated heterocycles. The highest BCUT2D eigenvalue weighted by atomic mass is 16.6. The fraction of sp³-hybridized carbons (Fsp3) is 0.391. The largest absolute Gasteiger partial charge is 0.493 e. The number of esters is 1. The van der Waals surface area contributed by atoms with Crippen LogP contribution in [-0.4, -0.2) is 32.2 Å². The van der Waals surface area contributed by atoms with Gasteiger partial charge in [0.25, 0.3) is 0 Å². The summed E-state index contributed by atoms with van der Waals surface area (Å²) >= 11 is 0. The summed E-state index contributed by atoms with van der Waals surface area (Å²) in [6, 6.07) is 13.4. The smallest absolute Gasteiger partial charge is 0.344 e. The molecule has 0 aliphatic heterocycles. The maximum Gasteiger partial charge on any atom is 0.344 e. The first-order valence-corrected chi connectivity index (χ1v) is 9.74. The first kappa shape index (κ1) is 22.3. The quantitative estimate of drug-likeness (QED) is 0.616. The molecule has 0 aromatic heterocycles. The summed E-state index contributed by atoms with van der Waals surface area (Å²) in [7, 11) is 1.53. The number of rotatable bonds is 10. The molecule has 0 spiro atoms. The van der Waals surface area contributed by atoms with Gasteiger partial charge in [0.05, 0.1) is 19.8 Å². The lowest BCUT2D eigenvalue weighted by Crippen LogP contribution is -2.26. The molecule has 0 aliphatic carbocycles. The summed E-state index contributed by atoms with van der Waals surface area (Å²) in [5, 5.41) is 3.01. The van der Waals surface area contributed by atoms with Crippen LogP contribution in [0.25, 0.3) is 0 Å². The maximum atomic E-state index is 12.3. The Balaban J connectivity index is 1.91. The van der Waals surface area contributed by atoms with Crippen molar-refractivity contribution in [2.75, 3.05) is 20.3 Å². The Morgan fingerprint density at radius 2 is 1.79 bits per heavy atom. The van der Waals surface area contributed by atoms with Gasteiger partial charge in [-0.1, -0.05) is 35.9 Å². The summed E-state index contributed by atoms with van der Waals surface area (Å²) < 4.78 is 15.7. The number of amides is 1. The number of ether oxygens (including phenoxy) is 3. The Hall–Kier alpha value is -3.02. The third kappa shape index (κ3) is 7.14. The number of methoxy groups -OCH3 is 1. The van der Waals surface area contributed by atoms with E-state index in [0.29, 0.717) is 30.9 Å². The average Bonchev–Trinajstić information content (AvgIpc) is 2.71. The second-order valence-electron chi connectivity index (χ2n) is 6.78. The van der Waals surface area contributed by atoms with E-state index in [1.54, 1.807) is 19.1 Å². The van der Waals surface area contributed by atoms with Crippen molar-refractivity contribution < 1.29 is 23.8 Å². The van der Waals surface area contributed by atoms with Crippen LogP contribution in [0.1, 0.15) is 43.0 Å². The molecule has 0 fully saturated rings. The van der Waals surface area contributed by atoms with Crippen LogP contribution in [0.4, 0.5) is 0 Å². The van der Waals surface area contributed by atoms with Crippen molar-refractivity contribution in [1.82, 2.24) is 5.32 Å². The molecule has 0 radical (unpaired) electrons. The fourth-order valence-electron chi connectivity index (χ4n) is 2.82. The summed E-state index contributed by atoms with van der Waals surface area (Å²) in [4.78, 5) is 23.8. The van der Waals surface area contributed by atoms with Crippen molar-refractivity contribution in [3.8, 4) is 11.5 Å². The molecule has 1 amide bonds. The van der Waals surface area contributed by atoms with Crippen LogP contribution in [0.5, 0.6) is 11.5 Å². The van der Waals surface area contributed by atoms with Gasteiger partial charge >= 0.3 is 5.97 Å². The number of carbonyl (C=O) groups is 2. The van der Waals surface area contributed by atoms with Crippen molar-refractivity contribution in [3.05, 3.63) is 59.2 Å². The minimum absolute atomic E-state index is 0.0142. The number of nitrogens with one attached hydrogen (secondary N) is 1.